The maximum Gasteiger partial charge on any atom is 0.407 e. The van der Waals surface area contributed by atoms with Gasteiger partial charge in [0.1, 0.15) is 12.6 Å². The van der Waals surface area contributed by atoms with Crippen LogP contribution in [0.15, 0.2) is 61.1 Å². The summed E-state index contributed by atoms with van der Waals surface area (Å²) >= 11 is 0. The summed E-state index contributed by atoms with van der Waals surface area (Å²) < 4.78 is 5.56. The molecular formula is C26H28N4O5. The van der Waals surface area contributed by atoms with E-state index in [1.807, 2.05) is 43.3 Å². The number of rotatable bonds is 10. The number of carboxylic acid groups (broad SMARTS) is 1. The molecule has 0 aliphatic heterocycles. The van der Waals surface area contributed by atoms with Crippen LogP contribution >= 0.6 is 0 Å². The molecule has 0 radical (unpaired) electrons. The Morgan fingerprint density at radius 3 is 2.29 bits per heavy atom. The Balaban J connectivity index is 1.31. The average molecular weight is 477 g/mol. The van der Waals surface area contributed by atoms with E-state index in [4.69, 9.17) is 4.74 Å². The molecule has 4 N–H and O–H groups in total. The van der Waals surface area contributed by atoms with Crippen LogP contribution in [0.3, 0.4) is 0 Å². The minimum atomic E-state index is -1.15. The van der Waals surface area contributed by atoms with E-state index in [0.717, 1.165) is 22.3 Å². The molecule has 0 bridgehead atoms. The van der Waals surface area contributed by atoms with Gasteiger partial charge in [0.25, 0.3) is 0 Å². The standard InChI is InChI=1S/C26H28N4O5/c1-2-16(12-24(31)30-23(25(32)33)11-17-13-27-15-28-17)29-26(34)35-14-22-20-9-5-3-7-18(20)19-8-4-6-10-21(19)22/h3-10,13,15-16,22-23H,2,11-12,14H2,1H3,(H,27,28)(H,29,34)(H,30,31)(H,32,33)/t16-,23-/m0/s1. The first-order chi connectivity index (χ1) is 17.0. The SMILES string of the molecule is CC[C@@H](CC(=O)N[C@@H](Cc1cnc[nH]1)C(=O)O)NC(=O)OCC1c2ccccc2-c2ccccc21. The van der Waals surface area contributed by atoms with Crippen molar-refractivity contribution in [1.29, 1.82) is 0 Å². The van der Waals surface area contributed by atoms with Crippen molar-refractivity contribution in [2.75, 3.05) is 6.61 Å². The monoisotopic (exact) mass is 476 g/mol. The number of aliphatic carboxylic acids is 1. The summed E-state index contributed by atoms with van der Waals surface area (Å²) in [6.07, 6.45) is 2.84. The van der Waals surface area contributed by atoms with Crippen LogP contribution in [0.25, 0.3) is 11.1 Å². The highest BCUT2D eigenvalue weighted by Gasteiger charge is 2.29. The maximum absolute atomic E-state index is 12.5. The summed E-state index contributed by atoms with van der Waals surface area (Å²) in [7, 11) is 0. The third-order valence-electron chi connectivity index (χ3n) is 6.20. The number of H-pyrrole nitrogens is 1. The number of aromatic nitrogens is 2. The van der Waals surface area contributed by atoms with Gasteiger partial charge >= 0.3 is 12.1 Å². The van der Waals surface area contributed by atoms with Crippen molar-refractivity contribution in [3.05, 3.63) is 77.9 Å². The van der Waals surface area contributed by atoms with Crippen LogP contribution in [-0.4, -0.2) is 51.7 Å². The smallest absolute Gasteiger partial charge is 0.407 e. The number of fused-ring (bicyclic) bond motifs is 3. The molecule has 182 valence electrons. The summed E-state index contributed by atoms with van der Waals surface area (Å²) in [5.41, 5.74) is 5.11. The summed E-state index contributed by atoms with van der Waals surface area (Å²) in [6, 6.07) is 14.6. The molecule has 1 heterocycles. The normalized spacial score (nSPS) is 13.9. The van der Waals surface area contributed by atoms with E-state index in [9.17, 15) is 19.5 Å². The Bertz CT molecular complexity index is 1150. The Morgan fingerprint density at radius 2 is 1.71 bits per heavy atom. The van der Waals surface area contributed by atoms with Gasteiger partial charge in [-0.15, -0.1) is 0 Å². The molecule has 9 heteroatoms. The van der Waals surface area contributed by atoms with E-state index in [0.29, 0.717) is 12.1 Å². The van der Waals surface area contributed by atoms with E-state index < -0.39 is 30.1 Å². The molecule has 2 aromatic carbocycles. The number of alkyl carbamates (subject to hydrolysis) is 1. The lowest BCUT2D eigenvalue weighted by atomic mass is 9.98. The molecule has 0 saturated heterocycles. The quantitative estimate of drug-likeness (QED) is 0.355. The van der Waals surface area contributed by atoms with E-state index in [1.165, 1.54) is 12.5 Å². The predicted octanol–water partition coefficient (Wildman–Crippen LogP) is 3.23. The van der Waals surface area contributed by atoms with Crippen LogP contribution in [-0.2, 0) is 20.7 Å². The first-order valence-corrected chi connectivity index (χ1v) is 11.6. The molecule has 2 atom stereocenters. The lowest BCUT2D eigenvalue weighted by molar-refractivity contribution is -0.141. The van der Waals surface area contributed by atoms with Gasteiger partial charge in [-0.3, -0.25) is 4.79 Å². The largest absolute Gasteiger partial charge is 0.480 e. The fourth-order valence-corrected chi connectivity index (χ4v) is 4.40. The van der Waals surface area contributed by atoms with Crippen molar-refractivity contribution in [3.8, 4) is 11.1 Å². The molecule has 9 nitrogen and oxygen atoms in total. The lowest BCUT2D eigenvalue weighted by Crippen LogP contribution is -2.45. The number of amides is 2. The highest BCUT2D eigenvalue weighted by atomic mass is 16.5. The van der Waals surface area contributed by atoms with Gasteiger partial charge in [0.15, 0.2) is 0 Å². The van der Waals surface area contributed by atoms with E-state index in [-0.39, 0.29) is 25.4 Å². The Labute approximate surface area is 202 Å². The van der Waals surface area contributed by atoms with Gasteiger partial charge in [0.2, 0.25) is 5.91 Å². The number of imidazole rings is 1. The number of carboxylic acids is 1. The Kier molecular flexibility index (Phi) is 7.45. The van der Waals surface area contributed by atoms with Crippen LogP contribution in [0.5, 0.6) is 0 Å². The van der Waals surface area contributed by atoms with E-state index in [2.05, 4.69) is 32.7 Å². The zero-order valence-electron chi connectivity index (χ0n) is 19.4. The van der Waals surface area contributed by atoms with Gasteiger partial charge in [0, 0.05) is 36.7 Å². The van der Waals surface area contributed by atoms with Crippen LogP contribution in [0.2, 0.25) is 0 Å². The maximum atomic E-state index is 12.5. The van der Waals surface area contributed by atoms with Crippen LogP contribution in [0.4, 0.5) is 4.79 Å². The molecule has 2 amide bonds. The predicted molar refractivity (Wildman–Crippen MR) is 129 cm³/mol. The van der Waals surface area contributed by atoms with Crippen molar-refractivity contribution in [3.63, 3.8) is 0 Å². The van der Waals surface area contributed by atoms with Gasteiger partial charge < -0.3 is 25.5 Å². The van der Waals surface area contributed by atoms with Crippen LogP contribution < -0.4 is 10.6 Å². The van der Waals surface area contributed by atoms with E-state index in [1.54, 1.807) is 0 Å². The molecule has 1 aromatic heterocycles. The first-order valence-electron chi connectivity index (χ1n) is 11.6. The number of hydrogen-bond acceptors (Lipinski definition) is 5. The van der Waals surface area contributed by atoms with Crippen LogP contribution in [0.1, 0.15) is 42.5 Å². The second-order valence-corrected chi connectivity index (χ2v) is 8.52. The number of carbonyl (C=O) groups is 3. The summed E-state index contributed by atoms with van der Waals surface area (Å²) in [5.74, 6) is -1.68. The van der Waals surface area contributed by atoms with Crippen molar-refractivity contribution in [2.45, 2.75) is 44.2 Å². The molecular weight excluding hydrogens is 448 g/mol. The molecule has 1 aliphatic rings. The molecule has 0 unspecified atom stereocenters. The third-order valence-corrected chi connectivity index (χ3v) is 6.20. The summed E-state index contributed by atoms with van der Waals surface area (Å²) in [4.78, 5) is 43.3. The topological polar surface area (TPSA) is 133 Å². The van der Waals surface area contributed by atoms with Crippen molar-refractivity contribution in [1.82, 2.24) is 20.6 Å². The zero-order chi connectivity index (χ0) is 24.8. The van der Waals surface area contributed by atoms with Gasteiger partial charge in [-0.1, -0.05) is 55.5 Å². The lowest BCUT2D eigenvalue weighted by Gasteiger charge is -2.20. The highest BCUT2D eigenvalue weighted by molar-refractivity contribution is 5.84. The molecule has 1 aliphatic carbocycles. The summed E-state index contributed by atoms with van der Waals surface area (Å²) in [6.45, 7) is 2.01. The number of ether oxygens (including phenoxy) is 1. The third kappa shape index (κ3) is 5.68. The fraction of sp³-hybridized carbons (Fsp3) is 0.308. The number of nitrogens with zero attached hydrogens (tertiary/aromatic N) is 1. The molecule has 3 aromatic rings. The molecule has 0 spiro atoms. The zero-order valence-corrected chi connectivity index (χ0v) is 19.4. The number of aromatic amines is 1. The van der Waals surface area contributed by atoms with Gasteiger partial charge in [0.05, 0.1) is 6.33 Å². The summed E-state index contributed by atoms with van der Waals surface area (Å²) in [5, 5.41) is 14.7. The second kappa shape index (κ2) is 10.9. The van der Waals surface area contributed by atoms with Gasteiger partial charge in [-0.25, -0.2) is 14.6 Å². The van der Waals surface area contributed by atoms with Crippen molar-refractivity contribution >= 4 is 18.0 Å². The molecule has 0 fully saturated rings. The molecule has 35 heavy (non-hydrogen) atoms. The van der Waals surface area contributed by atoms with Crippen molar-refractivity contribution in [2.24, 2.45) is 0 Å². The fourth-order valence-electron chi connectivity index (χ4n) is 4.40. The molecule has 4 rings (SSSR count). The highest BCUT2D eigenvalue weighted by Crippen LogP contribution is 2.44. The average Bonchev–Trinajstić information content (AvgIpc) is 3.48. The Morgan fingerprint density at radius 1 is 1.06 bits per heavy atom. The number of hydrogen-bond donors (Lipinski definition) is 4. The molecule has 0 saturated carbocycles. The van der Waals surface area contributed by atoms with Crippen LogP contribution in [0, 0.1) is 0 Å². The first kappa shape index (κ1) is 24.0. The van der Waals surface area contributed by atoms with Gasteiger partial charge in [-0.05, 0) is 28.7 Å². The number of carbonyl (C=O) groups excluding carboxylic acids is 2. The minimum absolute atomic E-state index is 0.0599. The van der Waals surface area contributed by atoms with E-state index >= 15 is 0 Å². The van der Waals surface area contributed by atoms with Crippen molar-refractivity contribution < 1.29 is 24.2 Å². The minimum Gasteiger partial charge on any atom is -0.480 e. The van der Waals surface area contributed by atoms with Gasteiger partial charge in [-0.2, -0.15) is 0 Å². The number of nitrogens with one attached hydrogen (secondary N) is 3. The second-order valence-electron chi connectivity index (χ2n) is 8.52. The number of benzene rings is 2. The Hall–Kier alpha value is -4.14.